The molecule has 2 unspecified atom stereocenters. The molecule has 2 atom stereocenters. The lowest BCUT2D eigenvalue weighted by Gasteiger charge is -2.25. The van der Waals surface area contributed by atoms with Crippen LogP contribution in [-0.2, 0) is 21.2 Å². The van der Waals surface area contributed by atoms with Crippen molar-refractivity contribution in [3.63, 3.8) is 0 Å². The fourth-order valence-corrected chi connectivity index (χ4v) is 4.35. The van der Waals surface area contributed by atoms with Crippen LogP contribution >= 0.6 is 24.0 Å². The molecule has 0 aliphatic rings. The summed E-state index contributed by atoms with van der Waals surface area (Å²) < 4.78 is 34.4. The zero-order valence-electron chi connectivity index (χ0n) is 15.4. The minimum Gasteiger partial charge on any atom is -0.593 e. The Balaban J connectivity index is 2.88. The predicted octanol–water partition coefficient (Wildman–Crippen LogP) is 4.27. The van der Waals surface area contributed by atoms with Crippen molar-refractivity contribution in [1.82, 2.24) is 9.55 Å². The van der Waals surface area contributed by atoms with Crippen molar-refractivity contribution in [1.29, 1.82) is 0 Å². The maximum absolute atomic E-state index is 14.1. The predicted molar refractivity (Wildman–Crippen MR) is 102 cm³/mol. The molecule has 2 N–H and O–H groups in total. The van der Waals surface area contributed by atoms with E-state index < -0.39 is 19.2 Å². The molecule has 9 heteroatoms. The van der Waals surface area contributed by atoms with Gasteiger partial charge in [0.2, 0.25) is 0 Å². The van der Waals surface area contributed by atoms with Gasteiger partial charge in [0.25, 0.3) is 0 Å². The number of ether oxygens (including phenoxy) is 1. The molecule has 1 aromatic carbocycles. The van der Waals surface area contributed by atoms with E-state index in [2.05, 4.69) is 20.9 Å². The molecule has 0 saturated carbocycles. The molecule has 2 rings (SSSR count). The van der Waals surface area contributed by atoms with Crippen molar-refractivity contribution >= 4 is 40.7 Å². The largest absolute Gasteiger partial charge is 0.593 e. The van der Waals surface area contributed by atoms with Gasteiger partial charge in [0, 0.05) is 17.4 Å². The summed E-state index contributed by atoms with van der Waals surface area (Å²) in [5.41, 5.74) is 6.60. The second kappa shape index (κ2) is 8.30. The number of imidazole rings is 1. The number of hydrogen-bond acceptors (Lipinski definition) is 5. The second-order valence-electron chi connectivity index (χ2n) is 6.63. The molecular weight excluding hydrogens is 424 g/mol. The van der Waals surface area contributed by atoms with Crippen molar-refractivity contribution in [3.8, 4) is 0 Å². The van der Waals surface area contributed by atoms with Gasteiger partial charge in [-0.25, -0.2) is 9.37 Å². The lowest BCUT2D eigenvalue weighted by Crippen LogP contribution is -2.33. The van der Waals surface area contributed by atoms with Crippen LogP contribution < -0.4 is 10.6 Å². The van der Waals surface area contributed by atoms with Crippen LogP contribution in [0.4, 0.5) is 10.1 Å². The summed E-state index contributed by atoms with van der Waals surface area (Å²) in [6.45, 7) is 8.42. The topological polar surface area (TPSA) is 93.2 Å². The standard InChI is InChI=1S/C17H24BrFN3O3P/c1-5-7-25-17(6-2,26(23)24)16-21-14-13(20)12(19)8-11(18)15(14)22(16)9-10(3)4/h8,10H,5-7,9,20H2,1-4H3. The number of rotatable bonds is 8. The molecule has 0 bridgehead atoms. The van der Waals surface area contributed by atoms with Gasteiger partial charge in [-0.05, 0) is 34.3 Å². The van der Waals surface area contributed by atoms with Gasteiger partial charge in [0.05, 0.1) is 17.8 Å². The van der Waals surface area contributed by atoms with Gasteiger partial charge in [-0.15, -0.1) is 0 Å². The molecular formula is C17H24BrFN3O3P. The van der Waals surface area contributed by atoms with E-state index in [4.69, 9.17) is 10.5 Å². The maximum Gasteiger partial charge on any atom is 0.353 e. The Hall–Kier alpha value is -1.08. The molecule has 144 valence electrons. The van der Waals surface area contributed by atoms with E-state index >= 15 is 0 Å². The highest BCUT2D eigenvalue weighted by molar-refractivity contribution is 9.10. The van der Waals surface area contributed by atoms with Gasteiger partial charge in [0.15, 0.2) is 5.82 Å². The number of nitrogens with two attached hydrogens (primary N) is 1. The lowest BCUT2D eigenvalue weighted by molar-refractivity contribution is -0.186. The van der Waals surface area contributed by atoms with Crippen LogP contribution in [0.1, 0.15) is 46.4 Å². The molecule has 0 aliphatic carbocycles. The van der Waals surface area contributed by atoms with E-state index in [9.17, 15) is 13.8 Å². The summed E-state index contributed by atoms with van der Waals surface area (Å²) in [6.07, 6.45) is 0.850. The minimum atomic E-state index is -3.00. The number of aromatic nitrogens is 2. The Bertz CT molecular complexity index is 827. The van der Waals surface area contributed by atoms with E-state index in [-0.39, 0.29) is 36.0 Å². The van der Waals surface area contributed by atoms with Crippen LogP contribution in [0.15, 0.2) is 10.5 Å². The Kier molecular flexibility index (Phi) is 6.77. The first kappa shape index (κ1) is 21.2. The number of nitrogen functional groups attached to an aromatic ring is 1. The van der Waals surface area contributed by atoms with E-state index in [0.29, 0.717) is 23.0 Å². The maximum atomic E-state index is 14.1. The zero-order valence-corrected chi connectivity index (χ0v) is 17.9. The van der Waals surface area contributed by atoms with Crippen LogP contribution in [0.3, 0.4) is 0 Å². The molecule has 0 saturated heterocycles. The van der Waals surface area contributed by atoms with Crippen molar-refractivity contribution < 1.29 is 18.6 Å². The van der Waals surface area contributed by atoms with Crippen LogP contribution in [0.25, 0.3) is 11.0 Å². The summed E-state index contributed by atoms with van der Waals surface area (Å²) in [7, 11) is -3.00. The third kappa shape index (κ3) is 3.65. The number of fused-ring (bicyclic) bond motifs is 1. The molecule has 0 aliphatic heterocycles. The molecule has 1 aromatic heterocycles. The first-order chi connectivity index (χ1) is 12.2. The number of anilines is 1. The quantitative estimate of drug-likeness (QED) is 0.481. The van der Waals surface area contributed by atoms with Gasteiger partial charge >= 0.3 is 13.4 Å². The first-order valence-corrected chi connectivity index (χ1v) is 10.6. The molecule has 0 spiro atoms. The molecule has 1 heterocycles. The third-order valence-electron chi connectivity index (χ3n) is 4.18. The van der Waals surface area contributed by atoms with Gasteiger partial charge in [-0.2, -0.15) is 0 Å². The van der Waals surface area contributed by atoms with Crippen LogP contribution in [-0.4, -0.2) is 16.2 Å². The Morgan fingerprint density at radius 3 is 2.65 bits per heavy atom. The van der Waals surface area contributed by atoms with Gasteiger partial charge < -0.3 is 19.9 Å². The monoisotopic (exact) mass is 447 g/mol. The SMILES string of the molecule is CCCOC(CC)(c1nc2c(N)c(F)cc(Br)c2n1CC(C)C)[P+](=O)[O-]. The highest BCUT2D eigenvalue weighted by Crippen LogP contribution is 2.47. The average molecular weight is 448 g/mol. The lowest BCUT2D eigenvalue weighted by atomic mass is 10.2. The van der Waals surface area contributed by atoms with Crippen LogP contribution in [0, 0.1) is 11.7 Å². The Labute approximate surface area is 161 Å². The van der Waals surface area contributed by atoms with E-state index in [1.807, 2.05) is 20.8 Å². The van der Waals surface area contributed by atoms with Crippen molar-refractivity contribution in [2.24, 2.45) is 5.92 Å². The molecule has 0 amide bonds. The van der Waals surface area contributed by atoms with Gasteiger partial charge in [-0.3, -0.25) is 0 Å². The summed E-state index contributed by atoms with van der Waals surface area (Å²) in [5.74, 6) is -0.158. The first-order valence-electron chi connectivity index (χ1n) is 8.62. The molecule has 2 aromatic rings. The number of nitrogens with zero attached hydrogens (tertiary/aromatic N) is 2. The molecule has 0 radical (unpaired) electrons. The molecule has 0 fully saturated rings. The van der Waals surface area contributed by atoms with Crippen LogP contribution in [0.5, 0.6) is 0 Å². The van der Waals surface area contributed by atoms with Gasteiger partial charge in [-0.1, -0.05) is 32.3 Å². The van der Waals surface area contributed by atoms with E-state index in [1.54, 1.807) is 11.5 Å². The smallest absolute Gasteiger partial charge is 0.353 e. The van der Waals surface area contributed by atoms with E-state index in [1.165, 1.54) is 6.07 Å². The van der Waals surface area contributed by atoms with Gasteiger partial charge in [0.1, 0.15) is 11.3 Å². The number of halogens is 2. The Morgan fingerprint density at radius 2 is 2.15 bits per heavy atom. The Morgan fingerprint density at radius 1 is 1.50 bits per heavy atom. The summed E-state index contributed by atoms with van der Waals surface area (Å²) >= 11 is 3.37. The summed E-state index contributed by atoms with van der Waals surface area (Å²) in [5, 5.41) is -1.58. The van der Waals surface area contributed by atoms with E-state index in [0.717, 1.165) is 0 Å². The highest BCUT2D eigenvalue weighted by Gasteiger charge is 2.50. The van der Waals surface area contributed by atoms with Crippen molar-refractivity contribution in [3.05, 3.63) is 22.2 Å². The van der Waals surface area contributed by atoms with Crippen molar-refractivity contribution in [2.45, 2.75) is 52.4 Å². The van der Waals surface area contributed by atoms with Crippen molar-refractivity contribution in [2.75, 3.05) is 12.3 Å². The van der Waals surface area contributed by atoms with Crippen LogP contribution in [0.2, 0.25) is 0 Å². The fourth-order valence-electron chi connectivity index (χ4n) is 2.95. The summed E-state index contributed by atoms with van der Waals surface area (Å²) in [4.78, 5) is 16.7. The normalized spacial score (nSPS) is 14.8. The highest BCUT2D eigenvalue weighted by atomic mass is 79.9. The third-order valence-corrected chi connectivity index (χ3v) is 6.02. The molecule has 6 nitrogen and oxygen atoms in total. The fraction of sp³-hybridized carbons (Fsp3) is 0.588. The molecule has 26 heavy (non-hydrogen) atoms. The number of benzene rings is 1. The zero-order chi connectivity index (χ0) is 19.6. The average Bonchev–Trinajstić information content (AvgIpc) is 2.93. The minimum absolute atomic E-state index is 0.103. The second-order valence-corrected chi connectivity index (χ2v) is 8.73. The number of hydrogen-bond donors (Lipinski definition) is 1. The summed E-state index contributed by atoms with van der Waals surface area (Å²) in [6, 6.07) is 1.28.